The predicted octanol–water partition coefficient (Wildman–Crippen LogP) is 10.3. The summed E-state index contributed by atoms with van der Waals surface area (Å²) in [4.78, 5) is 4.48. The Morgan fingerprint density at radius 1 is 0.349 bits per heavy atom. The molecule has 0 aliphatic rings. The highest BCUT2D eigenvalue weighted by Gasteiger charge is 2.21. The van der Waals surface area contributed by atoms with Gasteiger partial charge in [-0.1, -0.05) is 84.9 Å². The predicted molar refractivity (Wildman–Crippen MR) is 175 cm³/mol. The molecule has 0 aliphatic carbocycles. The van der Waals surface area contributed by atoms with Crippen molar-refractivity contribution < 1.29 is 4.42 Å². The van der Waals surface area contributed by atoms with E-state index in [0.29, 0.717) is 11.8 Å². The van der Waals surface area contributed by atoms with E-state index in [4.69, 9.17) is 4.42 Å². The highest BCUT2D eigenvalue weighted by atomic mass is 16.4. The van der Waals surface area contributed by atoms with E-state index in [1.807, 2.05) is 78.9 Å². The van der Waals surface area contributed by atoms with Crippen molar-refractivity contribution in [3.63, 3.8) is 0 Å². The van der Waals surface area contributed by atoms with Gasteiger partial charge in [0.2, 0.25) is 11.8 Å². The Morgan fingerprint density at radius 2 is 0.744 bits per heavy atom. The van der Waals surface area contributed by atoms with Gasteiger partial charge >= 0.3 is 0 Å². The Bertz CT molecular complexity index is 1870. The van der Waals surface area contributed by atoms with Gasteiger partial charge in [0.25, 0.3) is 0 Å². The largest absolute Gasteiger partial charge is 0.416 e. The van der Waals surface area contributed by atoms with E-state index in [-0.39, 0.29) is 0 Å². The molecule has 0 amide bonds. The third kappa shape index (κ3) is 5.39. The van der Waals surface area contributed by atoms with Gasteiger partial charge in [-0.3, -0.25) is 0 Å². The minimum Gasteiger partial charge on any atom is -0.416 e. The Morgan fingerprint density at radius 3 is 1.30 bits per heavy atom. The third-order valence-electron chi connectivity index (χ3n) is 7.23. The highest BCUT2D eigenvalue weighted by molar-refractivity contribution is 5.87. The molecule has 0 unspecified atom stereocenters. The van der Waals surface area contributed by atoms with Crippen molar-refractivity contribution in [1.29, 1.82) is 0 Å². The molecule has 7 aromatic rings. The fraction of sp³-hybridized carbons (Fsp3) is 0. The van der Waals surface area contributed by atoms with Gasteiger partial charge < -0.3 is 14.2 Å². The molecular formula is C38H28N4O. The first-order valence-corrected chi connectivity index (χ1v) is 14.2. The quantitative estimate of drug-likeness (QED) is 0.186. The number of para-hydroxylation sites is 4. The first-order chi connectivity index (χ1) is 21.3. The SMILES string of the molecule is c1ccc(-c2nnc(-c3ccccc3N(c3ccccc3)c3ccc(N(c4ccccc4)c4ccccc4)cc3)o2)cc1. The Kier molecular flexibility index (Phi) is 7.19. The minimum absolute atomic E-state index is 0.464. The summed E-state index contributed by atoms with van der Waals surface area (Å²) in [5.41, 5.74) is 7.95. The van der Waals surface area contributed by atoms with Crippen LogP contribution >= 0.6 is 0 Å². The van der Waals surface area contributed by atoms with Gasteiger partial charge in [0, 0.05) is 34.0 Å². The van der Waals surface area contributed by atoms with Crippen LogP contribution in [0.4, 0.5) is 34.1 Å². The number of hydrogen-bond acceptors (Lipinski definition) is 5. The second kappa shape index (κ2) is 11.9. The van der Waals surface area contributed by atoms with E-state index in [2.05, 4.69) is 111 Å². The second-order valence-corrected chi connectivity index (χ2v) is 9.99. The van der Waals surface area contributed by atoms with Crippen molar-refractivity contribution in [2.45, 2.75) is 0 Å². The maximum Gasteiger partial charge on any atom is 0.250 e. The van der Waals surface area contributed by atoms with Crippen LogP contribution in [0.1, 0.15) is 0 Å². The van der Waals surface area contributed by atoms with E-state index in [1.165, 1.54) is 0 Å². The van der Waals surface area contributed by atoms with E-state index in [1.54, 1.807) is 0 Å². The average Bonchev–Trinajstić information content (AvgIpc) is 3.58. The van der Waals surface area contributed by atoms with Crippen LogP contribution in [0.5, 0.6) is 0 Å². The van der Waals surface area contributed by atoms with Crippen molar-refractivity contribution >= 4 is 34.1 Å². The van der Waals surface area contributed by atoms with Crippen molar-refractivity contribution in [2.24, 2.45) is 0 Å². The van der Waals surface area contributed by atoms with Crippen LogP contribution in [-0.4, -0.2) is 10.2 Å². The summed E-state index contributed by atoms with van der Waals surface area (Å²) in [7, 11) is 0. The lowest BCUT2D eigenvalue weighted by molar-refractivity contribution is 0.584. The summed E-state index contributed by atoms with van der Waals surface area (Å²) in [6.45, 7) is 0. The minimum atomic E-state index is 0.464. The van der Waals surface area contributed by atoms with Gasteiger partial charge in [0.05, 0.1) is 11.3 Å². The van der Waals surface area contributed by atoms with E-state index in [9.17, 15) is 0 Å². The van der Waals surface area contributed by atoms with E-state index in [0.717, 1.165) is 45.3 Å². The monoisotopic (exact) mass is 556 g/mol. The topological polar surface area (TPSA) is 45.4 Å². The molecule has 0 fully saturated rings. The lowest BCUT2D eigenvalue weighted by Crippen LogP contribution is -2.12. The number of anilines is 6. The molecule has 5 nitrogen and oxygen atoms in total. The van der Waals surface area contributed by atoms with Gasteiger partial charge in [-0.2, -0.15) is 0 Å². The molecule has 0 bridgehead atoms. The van der Waals surface area contributed by atoms with E-state index < -0.39 is 0 Å². The van der Waals surface area contributed by atoms with Crippen molar-refractivity contribution in [3.8, 4) is 22.9 Å². The highest BCUT2D eigenvalue weighted by Crippen LogP contribution is 2.42. The zero-order valence-electron chi connectivity index (χ0n) is 23.4. The van der Waals surface area contributed by atoms with Gasteiger partial charge in [-0.05, 0) is 84.9 Å². The molecule has 43 heavy (non-hydrogen) atoms. The van der Waals surface area contributed by atoms with Crippen LogP contribution in [0.3, 0.4) is 0 Å². The summed E-state index contributed by atoms with van der Waals surface area (Å²) in [6, 6.07) is 57.8. The second-order valence-electron chi connectivity index (χ2n) is 9.99. The Balaban J connectivity index is 1.31. The maximum absolute atomic E-state index is 6.21. The smallest absolute Gasteiger partial charge is 0.250 e. The van der Waals surface area contributed by atoms with E-state index >= 15 is 0 Å². The van der Waals surface area contributed by atoms with Crippen LogP contribution in [0.2, 0.25) is 0 Å². The summed E-state index contributed by atoms with van der Waals surface area (Å²) in [5.74, 6) is 0.953. The van der Waals surface area contributed by atoms with Crippen LogP contribution in [0.15, 0.2) is 174 Å². The molecule has 6 aromatic carbocycles. The first kappa shape index (κ1) is 26.0. The molecule has 0 N–H and O–H groups in total. The van der Waals surface area contributed by atoms with Gasteiger partial charge in [-0.25, -0.2) is 0 Å². The van der Waals surface area contributed by atoms with Crippen molar-refractivity contribution in [2.75, 3.05) is 9.80 Å². The normalized spacial score (nSPS) is 10.8. The molecule has 0 spiro atoms. The number of benzene rings is 6. The summed E-state index contributed by atoms with van der Waals surface area (Å²) < 4.78 is 6.21. The molecule has 0 radical (unpaired) electrons. The number of nitrogens with zero attached hydrogens (tertiary/aromatic N) is 4. The molecule has 5 heteroatoms. The van der Waals surface area contributed by atoms with Gasteiger partial charge in [0.1, 0.15) is 0 Å². The fourth-order valence-electron chi connectivity index (χ4n) is 5.24. The zero-order valence-corrected chi connectivity index (χ0v) is 23.4. The van der Waals surface area contributed by atoms with Crippen LogP contribution in [-0.2, 0) is 0 Å². The first-order valence-electron chi connectivity index (χ1n) is 14.2. The molecule has 0 atom stereocenters. The lowest BCUT2D eigenvalue weighted by atomic mass is 10.1. The zero-order chi connectivity index (χ0) is 28.8. The molecule has 1 aromatic heterocycles. The summed E-state index contributed by atoms with van der Waals surface area (Å²) in [5, 5.41) is 8.80. The van der Waals surface area contributed by atoms with Gasteiger partial charge in [0.15, 0.2) is 0 Å². The standard InChI is InChI=1S/C38H28N4O/c1-5-15-29(16-6-1)37-39-40-38(43-37)35-23-13-14-24-36(35)42(32-21-11-4-12-22-32)34-27-25-33(26-28-34)41(30-17-7-2-8-18-30)31-19-9-3-10-20-31/h1-28H. The fourth-order valence-corrected chi connectivity index (χ4v) is 5.24. The number of aromatic nitrogens is 2. The van der Waals surface area contributed by atoms with Gasteiger partial charge in [-0.15, -0.1) is 10.2 Å². The van der Waals surface area contributed by atoms with Crippen LogP contribution in [0, 0.1) is 0 Å². The molecule has 206 valence electrons. The Hall–Kier alpha value is -5.94. The average molecular weight is 557 g/mol. The molecular weight excluding hydrogens is 528 g/mol. The Labute approximate surface area is 250 Å². The molecule has 0 saturated heterocycles. The molecule has 1 heterocycles. The number of rotatable bonds is 8. The molecule has 7 rings (SSSR count). The maximum atomic E-state index is 6.21. The third-order valence-corrected chi connectivity index (χ3v) is 7.23. The molecule has 0 saturated carbocycles. The van der Waals surface area contributed by atoms with Crippen molar-refractivity contribution in [3.05, 3.63) is 170 Å². The molecule has 0 aliphatic heterocycles. The van der Waals surface area contributed by atoms with Crippen molar-refractivity contribution in [1.82, 2.24) is 10.2 Å². The summed E-state index contributed by atoms with van der Waals surface area (Å²) >= 11 is 0. The van der Waals surface area contributed by atoms with Crippen LogP contribution < -0.4 is 9.80 Å². The number of hydrogen-bond donors (Lipinski definition) is 0. The lowest BCUT2D eigenvalue weighted by Gasteiger charge is -2.29. The summed E-state index contributed by atoms with van der Waals surface area (Å²) in [6.07, 6.45) is 0. The van der Waals surface area contributed by atoms with Crippen LogP contribution in [0.25, 0.3) is 22.9 Å².